The van der Waals surface area contributed by atoms with E-state index in [1.807, 2.05) is 51.1 Å². The van der Waals surface area contributed by atoms with Crippen LogP contribution >= 0.6 is 0 Å². The van der Waals surface area contributed by atoms with Crippen molar-refractivity contribution in [2.24, 2.45) is 0 Å². The number of sulfonamides is 1. The Morgan fingerprint density at radius 1 is 0.875 bits per heavy atom. The molecule has 0 heterocycles. The van der Waals surface area contributed by atoms with Crippen LogP contribution in [0.2, 0.25) is 0 Å². The zero-order valence-corrected chi connectivity index (χ0v) is 24.4. The number of carbonyl (C=O) groups is 2. The SMILES string of the molecule is CC[C@H](C)NC(=O)[C@H](CC)N(CCc1ccccc1)C(=O)CN(c1ccc(OC)cc1)S(=O)(=O)c1ccccc1. The third-order valence-electron chi connectivity index (χ3n) is 6.84. The molecule has 0 saturated heterocycles. The Hall–Kier alpha value is -3.85. The van der Waals surface area contributed by atoms with E-state index in [1.165, 1.54) is 24.1 Å². The van der Waals surface area contributed by atoms with Crippen molar-refractivity contribution in [1.82, 2.24) is 10.2 Å². The van der Waals surface area contributed by atoms with Gasteiger partial charge in [0.25, 0.3) is 10.0 Å². The van der Waals surface area contributed by atoms with Gasteiger partial charge < -0.3 is 15.0 Å². The second-order valence-electron chi connectivity index (χ2n) is 9.59. The predicted octanol–water partition coefficient (Wildman–Crippen LogP) is 4.66. The summed E-state index contributed by atoms with van der Waals surface area (Å²) in [5.41, 5.74) is 1.33. The van der Waals surface area contributed by atoms with Crippen LogP contribution in [-0.4, -0.2) is 57.4 Å². The summed E-state index contributed by atoms with van der Waals surface area (Å²) >= 11 is 0. The molecule has 40 heavy (non-hydrogen) atoms. The second kappa shape index (κ2) is 14.5. The van der Waals surface area contributed by atoms with Crippen LogP contribution in [0.4, 0.5) is 5.69 Å². The number of amides is 2. The summed E-state index contributed by atoms with van der Waals surface area (Å²) < 4.78 is 34.0. The zero-order chi connectivity index (χ0) is 29.1. The molecule has 0 aliphatic rings. The van der Waals surface area contributed by atoms with Crippen LogP contribution in [0, 0.1) is 0 Å². The molecule has 0 radical (unpaired) electrons. The van der Waals surface area contributed by atoms with Crippen molar-refractivity contribution in [3.8, 4) is 5.75 Å². The molecule has 1 N–H and O–H groups in total. The second-order valence-corrected chi connectivity index (χ2v) is 11.4. The van der Waals surface area contributed by atoms with Gasteiger partial charge in [0.15, 0.2) is 0 Å². The van der Waals surface area contributed by atoms with E-state index in [1.54, 1.807) is 42.5 Å². The van der Waals surface area contributed by atoms with E-state index in [2.05, 4.69) is 5.32 Å². The third kappa shape index (κ3) is 7.85. The van der Waals surface area contributed by atoms with Crippen LogP contribution in [0.3, 0.4) is 0 Å². The van der Waals surface area contributed by atoms with Crippen LogP contribution in [0.25, 0.3) is 0 Å². The molecule has 0 unspecified atom stereocenters. The van der Waals surface area contributed by atoms with Crippen LogP contribution < -0.4 is 14.4 Å². The number of anilines is 1. The van der Waals surface area contributed by atoms with Crippen molar-refractivity contribution >= 4 is 27.5 Å². The number of nitrogens with one attached hydrogen (secondary N) is 1. The molecule has 0 bridgehead atoms. The maximum atomic E-state index is 14.0. The lowest BCUT2D eigenvalue weighted by Crippen LogP contribution is -2.54. The fourth-order valence-corrected chi connectivity index (χ4v) is 5.77. The number of ether oxygens (including phenoxy) is 1. The van der Waals surface area contributed by atoms with Gasteiger partial charge in [-0.15, -0.1) is 0 Å². The maximum absolute atomic E-state index is 14.0. The summed E-state index contributed by atoms with van der Waals surface area (Å²) in [4.78, 5) is 28.9. The summed E-state index contributed by atoms with van der Waals surface area (Å²) in [5.74, 6) is -0.151. The molecule has 214 valence electrons. The van der Waals surface area contributed by atoms with Gasteiger partial charge in [-0.1, -0.05) is 62.4 Å². The van der Waals surface area contributed by atoms with E-state index in [4.69, 9.17) is 4.74 Å². The molecule has 3 aromatic rings. The first kappa shape index (κ1) is 30.7. The average molecular weight is 566 g/mol. The Morgan fingerprint density at radius 3 is 2.02 bits per heavy atom. The topological polar surface area (TPSA) is 96.0 Å². The van der Waals surface area contributed by atoms with Gasteiger partial charge in [-0.05, 0) is 68.1 Å². The highest BCUT2D eigenvalue weighted by Crippen LogP contribution is 2.26. The van der Waals surface area contributed by atoms with E-state index < -0.39 is 28.5 Å². The first-order chi connectivity index (χ1) is 19.2. The van der Waals surface area contributed by atoms with Crippen LogP contribution in [0.15, 0.2) is 89.8 Å². The number of rotatable bonds is 14. The summed E-state index contributed by atoms with van der Waals surface area (Å²) in [7, 11) is -2.58. The van der Waals surface area contributed by atoms with E-state index in [0.29, 0.717) is 24.3 Å². The number of nitrogens with zero attached hydrogens (tertiary/aromatic N) is 2. The standard InChI is InChI=1S/C31H39N3O5S/c1-5-24(3)32-31(36)29(6-2)33(22-21-25-13-9-7-10-14-25)30(35)23-34(26-17-19-27(39-4)20-18-26)40(37,38)28-15-11-8-12-16-28/h7-20,24,29H,5-6,21-23H2,1-4H3,(H,32,36)/t24-,29-/m0/s1. The van der Waals surface area contributed by atoms with Crippen molar-refractivity contribution in [1.29, 1.82) is 0 Å². The lowest BCUT2D eigenvalue weighted by Gasteiger charge is -2.33. The van der Waals surface area contributed by atoms with Gasteiger partial charge in [0.05, 0.1) is 17.7 Å². The van der Waals surface area contributed by atoms with E-state index >= 15 is 0 Å². The van der Waals surface area contributed by atoms with Crippen LogP contribution in [0.1, 0.15) is 39.2 Å². The van der Waals surface area contributed by atoms with Gasteiger partial charge in [0.1, 0.15) is 18.3 Å². The minimum absolute atomic E-state index is 0.0538. The summed E-state index contributed by atoms with van der Waals surface area (Å²) in [6, 6.07) is 23.4. The van der Waals surface area contributed by atoms with E-state index in [-0.39, 0.29) is 23.4 Å². The largest absolute Gasteiger partial charge is 0.497 e. The van der Waals surface area contributed by atoms with Crippen molar-refractivity contribution in [2.75, 3.05) is 24.5 Å². The van der Waals surface area contributed by atoms with Crippen molar-refractivity contribution in [2.45, 2.75) is 57.0 Å². The summed E-state index contributed by atoms with van der Waals surface area (Å²) in [5, 5.41) is 2.99. The fourth-order valence-electron chi connectivity index (χ4n) is 4.33. The molecule has 3 rings (SSSR count). The monoisotopic (exact) mass is 565 g/mol. The Morgan fingerprint density at radius 2 is 1.48 bits per heavy atom. The van der Waals surface area contributed by atoms with Gasteiger partial charge >= 0.3 is 0 Å². The number of benzene rings is 3. The van der Waals surface area contributed by atoms with Crippen LogP contribution in [0.5, 0.6) is 5.75 Å². The van der Waals surface area contributed by atoms with Crippen LogP contribution in [-0.2, 0) is 26.0 Å². The van der Waals surface area contributed by atoms with Crippen molar-refractivity contribution < 1.29 is 22.7 Å². The average Bonchev–Trinajstić information content (AvgIpc) is 2.98. The molecule has 0 spiro atoms. The smallest absolute Gasteiger partial charge is 0.264 e. The molecule has 0 fully saturated rings. The molecule has 0 aliphatic carbocycles. The minimum Gasteiger partial charge on any atom is -0.497 e. The van der Waals surface area contributed by atoms with Gasteiger partial charge in [0, 0.05) is 12.6 Å². The van der Waals surface area contributed by atoms with Gasteiger partial charge in [-0.3, -0.25) is 13.9 Å². The third-order valence-corrected chi connectivity index (χ3v) is 8.63. The van der Waals surface area contributed by atoms with Crippen molar-refractivity contribution in [3.05, 3.63) is 90.5 Å². The Kier molecular flexibility index (Phi) is 11.1. The first-order valence-electron chi connectivity index (χ1n) is 13.6. The Balaban J connectivity index is 1.99. The van der Waals surface area contributed by atoms with Gasteiger partial charge in [-0.25, -0.2) is 8.42 Å². The lowest BCUT2D eigenvalue weighted by molar-refractivity contribution is -0.139. The van der Waals surface area contributed by atoms with Gasteiger partial charge in [-0.2, -0.15) is 0 Å². The molecule has 0 aromatic heterocycles. The molecule has 2 amide bonds. The van der Waals surface area contributed by atoms with Crippen molar-refractivity contribution in [3.63, 3.8) is 0 Å². The molecule has 0 saturated carbocycles. The molecule has 0 aliphatic heterocycles. The summed E-state index contributed by atoms with van der Waals surface area (Å²) in [6.45, 7) is 5.54. The molecule has 9 heteroatoms. The molecular formula is C31H39N3O5S. The van der Waals surface area contributed by atoms with E-state index in [9.17, 15) is 18.0 Å². The number of carbonyl (C=O) groups excluding carboxylic acids is 2. The maximum Gasteiger partial charge on any atom is 0.264 e. The number of hydrogen-bond donors (Lipinski definition) is 1. The fraction of sp³-hybridized carbons (Fsp3) is 0.355. The number of methoxy groups -OCH3 is 1. The highest BCUT2D eigenvalue weighted by atomic mass is 32.2. The Labute approximate surface area is 238 Å². The molecule has 2 atom stereocenters. The van der Waals surface area contributed by atoms with Gasteiger partial charge in [0.2, 0.25) is 11.8 Å². The highest BCUT2D eigenvalue weighted by molar-refractivity contribution is 7.92. The zero-order valence-electron chi connectivity index (χ0n) is 23.6. The highest BCUT2D eigenvalue weighted by Gasteiger charge is 2.33. The minimum atomic E-state index is -4.10. The molecule has 8 nitrogen and oxygen atoms in total. The molecular weight excluding hydrogens is 526 g/mol. The predicted molar refractivity (Wildman–Crippen MR) is 158 cm³/mol. The first-order valence-corrected chi connectivity index (χ1v) is 15.0. The number of hydrogen-bond acceptors (Lipinski definition) is 5. The Bertz CT molecular complexity index is 1330. The quantitative estimate of drug-likeness (QED) is 0.307. The lowest BCUT2D eigenvalue weighted by atomic mass is 10.1. The summed E-state index contributed by atoms with van der Waals surface area (Å²) in [6.07, 6.45) is 1.66. The molecule has 3 aromatic carbocycles. The van der Waals surface area contributed by atoms with E-state index in [0.717, 1.165) is 16.3 Å². The normalized spacial score (nSPS) is 12.7.